The minimum Gasteiger partial charge on any atom is -0.350 e. The van der Waals surface area contributed by atoms with Crippen LogP contribution in [-0.4, -0.2) is 41.6 Å². The number of hydrogen-bond acceptors (Lipinski definition) is 4. The molecule has 52 valence electrons. The SMILES string of the molecule is C1CN2COCN(C2)S1. The molecule has 2 bridgehead atoms. The molecule has 2 fully saturated rings. The van der Waals surface area contributed by atoms with E-state index in [1.165, 1.54) is 12.3 Å². The lowest BCUT2D eigenvalue weighted by atomic mass is 10.6. The van der Waals surface area contributed by atoms with Crippen LogP contribution in [0.15, 0.2) is 0 Å². The Labute approximate surface area is 59.1 Å². The summed E-state index contributed by atoms with van der Waals surface area (Å²) in [6, 6.07) is 0. The van der Waals surface area contributed by atoms with Gasteiger partial charge >= 0.3 is 0 Å². The monoisotopic (exact) mass is 146 g/mol. The Morgan fingerprint density at radius 3 is 3.11 bits per heavy atom. The molecule has 0 aromatic heterocycles. The molecule has 0 spiro atoms. The quantitative estimate of drug-likeness (QED) is 0.452. The van der Waals surface area contributed by atoms with E-state index >= 15 is 0 Å². The highest BCUT2D eigenvalue weighted by atomic mass is 32.2. The lowest BCUT2D eigenvalue weighted by Gasteiger charge is -2.38. The van der Waals surface area contributed by atoms with E-state index in [4.69, 9.17) is 4.74 Å². The number of nitrogens with zero attached hydrogens (tertiary/aromatic N) is 2. The fourth-order valence-electron chi connectivity index (χ4n) is 1.09. The molecule has 3 nitrogen and oxygen atoms in total. The second kappa shape index (κ2) is 2.46. The first kappa shape index (κ1) is 5.97. The summed E-state index contributed by atoms with van der Waals surface area (Å²) in [6.07, 6.45) is 0. The first-order chi connectivity index (χ1) is 4.45. The second-order valence-corrected chi connectivity index (χ2v) is 3.50. The van der Waals surface area contributed by atoms with Gasteiger partial charge in [0, 0.05) is 12.3 Å². The van der Waals surface area contributed by atoms with Gasteiger partial charge in [-0.2, -0.15) is 0 Å². The average molecular weight is 146 g/mol. The third-order valence-corrected chi connectivity index (χ3v) is 2.50. The minimum absolute atomic E-state index is 0.807. The van der Waals surface area contributed by atoms with Crippen LogP contribution in [0.1, 0.15) is 0 Å². The molecule has 2 heterocycles. The molecule has 2 rings (SSSR count). The van der Waals surface area contributed by atoms with Crippen molar-refractivity contribution in [2.75, 3.05) is 32.4 Å². The van der Waals surface area contributed by atoms with Crippen LogP contribution >= 0.6 is 11.9 Å². The van der Waals surface area contributed by atoms with Crippen LogP contribution in [0.4, 0.5) is 0 Å². The molecule has 2 aliphatic heterocycles. The average Bonchev–Trinajstić information content (AvgIpc) is 1.88. The van der Waals surface area contributed by atoms with Gasteiger partial charge in [-0.15, -0.1) is 0 Å². The summed E-state index contributed by atoms with van der Waals surface area (Å²) in [6.45, 7) is 3.91. The zero-order valence-electron chi connectivity index (χ0n) is 5.25. The Kier molecular flexibility index (Phi) is 1.63. The first-order valence-corrected chi connectivity index (χ1v) is 4.07. The van der Waals surface area contributed by atoms with Gasteiger partial charge in [0.2, 0.25) is 0 Å². The molecular formula is C5H10N2OS. The van der Waals surface area contributed by atoms with Crippen molar-refractivity contribution < 1.29 is 4.74 Å². The maximum Gasteiger partial charge on any atom is 0.111 e. The van der Waals surface area contributed by atoms with Crippen LogP contribution in [0.5, 0.6) is 0 Å². The van der Waals surface area contributed by atoms with E-state index in [2.05, 4.69) is 9.21 Å². The topological polar surface area (TPSA) is 15.7 Å². The maximum atomic E-state index is 5.27. The van der Waals surface area contributed by atoms with Crippen LogP contribution in [0.2, 0.25) is 0 Å². The Balaban J connectivity index is 1.96. The van der Waals surface area contributed by atoms with E-state index < -0.39 is 0 Å². The number of hydrogen-bond donors (Lipinski definition) is 0. The van der Waals surface area contributed by atoms with E-state index in [0.29, 0.717) is 0 Å². The standard InChI is InChI=1S/C5H10N2OS/c1-2-9-7-3-6(1)4-8-5-7/h1-5H2. The molecule has 0 radical (unpaired) electrons. The van der Waals surface area contributed by atoms with E-state index in [0.717, 1.165) is 20.1 Å². The minimum atomic E-state index is 0.807. The van der Waals surface area contributed by atoms with E-state index in [9.17, 15) is 0 Å². The van der Waals surface area contributed by atoms with Crippen molar-refractivity contribution >= 4 is 11.9 Å². The van der Waals surface area contributed by atoms with Gasteiger partial charge in [0.1, 0.15) is 13.5 Å². The van der Waals surface area contributed by atoms with Crippen LogP contribution in [-0.2, 0) is 4.74 Å². The van der Waals surface area contributed by atoms with Gasteiger partial charge in [0.25, 0.3) is 0 Å². The fraction of sp³-hybridized carbons (Fsp3) is 1.00. The van der Waals surface area contributed by atoms with Gasteiger partial charge in [-0.1, -0.05) is 11.9 Å². The van der Waals surface area contributed by atoms with Gasteiger partial charge in [-0.3, -0.25) is 4.90 Å². The van der Waals surface area contributed by atoms with Crippen LogP contribution in [0.3, 0.4) is 0 Å². The van der Waals surface area contributed by atoms with Crippen molar-refractivity contribution in [1.82, 2.24) is 9.21 Å². The number of rotatable bonds is 0. The summed E-state index contributed by atoms with van der Waals surface area (Å²) in [4.78, 5) is 2.31. The zero-order valence-corrected chi connectivity index (χ0v) is 6.06. The zero-order chi connectivity index (χ0) is 6.10. The molecule has 2 unspecified atom stereocenters. The van der Waals surface area contributed by atoms with E-state index in [1.807, 2.05) is 11.9 Å². The largest absolute Gasteiger partial charge is 0.350 e. The Morgan fingerprint density at radius 2 is 2.33 bits per heavy atom. The molecule has 0 N–H and O–H groups in total. The van der Waals surface area contributed by atoms with Crippen molar-refractivity contribution in [3.05, 3.63) is 0 Å². The maximum absolute atomic E-state index is 5.27. The molecule has 0 amide bonds. The summed E-state index contributed by atoms with van der Waals surface area (Å²) < 4.78 is 7.51. The molecule has 0 aromatic carbocycles. The normalized spacial score (nSPS) is 42.7. The molecule has 0 saturated carbocycles. The van der Waals surface area contributed by atoms with Gasteiger partial charge in [0.15, 0.2) is 0 Å². The molecule has 2 atom stereocenters. The van der Waals surface area contributed by atoms with E-state index in [1.54, 1.807) is 0 Å². The summed E-state index contributed by atoms with van der Waals surface area (Å²) in [5.74, 6) is 1.23. The van der Waals surface area contributed by atoms with Gasteiger partial charge in [0.05, 0.1) is 6.67 Å². The third-order valence-electron chi connectivity index (χ3n) is 1.55. The summed E-state index contributed by atoms with van der Waals surface area (Å²) in [7, 11) is 0. The number of ether oxygens (including phenoxy) is 1. The summed E-state index contributed by atoms with van der Waals surface area (Å²) >= 11 is 1.88. The molecule has 9 heavy (non-hydrogen) atoms. The van der Waals surface area contributed by atoms with Gasteiger partial charge in [-0.05, 0) is 0 Å². The summed E-state index contributed by atoms with van der Waals surface area (Å²) in [5, 5.41) is 0. The van der Waals surface area contributed by atoms with Crippen molar-refractivity contribution in [3.63, 3.8) is 0 Å². The highest BCUT2D eigenvalue weighted by Crippen LogP contribution is 2.19. The fourth-order valence-corrected chi connectivity index (χ4v) is 2.08. The van der Waals surface area contributed by atoms with Crippen LogP contribution in [0.25, 0.3) is 0 Å². The molecule has 0 aromatic rings. The predicted octanol–water partition coefficient (Wildman–Crippen LogP) is 0.155. The first-order valence-electron chi connectivity index (χ1n) is 3.13. The van der Waals surface area contributed by atoms with Crippen LogP contribution < -0.4 is 0 Å². The predicted molar refractivity (Wildman–Crippen MR) is 36.7 cm³/mol. The highest BCUT2D eigenvalue weighted by Gasteiger charge is 2.21. The lowest BCUT2D eigenvalue weighted by molar-refractivity contribution is -0.0754. The van der Waals surface area contributed by atoms with Crippen molar-refractivity contribution in [1.29, 1.82) is 0 Å². The Bertz CT molecular complexity index is 91.1. The third kappa shape index (κ3) is 1.21. The van der Waals surface area contributed by atoms with Crippen molar-refractivity contribution in [3.8, 4) is 0 Å². The van der Waals surface area contributed by atoms with Crippen LogP contribution in [0, 0.1) is 0 Å². The molecule has 0 aliphatic carbocycles. The number of fused-ring (bicyclic) bond motifs is 2. The molecular weight excluding hydrogens is 136 g/mol. The van der Waals surface area contributed by atoms with E-state index in [-0.39, 0.29) is 0 Å². The van der Waals surface area contributed by atoms with Gasteiger partial charge < -0.3 is 4.74 Å². The smallest absolute Gasteiger partial charge is 0.111 e. The van der Waals surface area contributed by atoms with Crippen molar-refractivity contribution in [2.45, 2.75) is 0 Å². The van der Waals surface area contributed by atoms with Gasteiger partial charge in [-0.25, -0.2) is 4.31 Å². The molecule has 2 saturated heterocycles. The second-order valence-electron chi connectivity index (χ2n) is 2.31. The molecule has 2 aliphatic rings. The highest BCUT2D eigenvalue weighted by molar-refractivity contribution is 7.97. The Hall–Kier alpha value is 0.230. The summed E-state index contributed by atoms with van der Waals surface area (Å²) in [5.41, 5.74) is 0. The van der Waals surface area contributed by atoms with Crippen molar-refractivity contribution in [2.24, 2.45) is 0 Å². The molecule has 4 heteroatoms. The lowest BCUT2D eigenvalue weighted by Crippen LogP contribution is -2.47. The Morgan fingerprint density at radius 1 is 1.33 bits per heavy atom.